The number of hydrogen-bond acceptors (Lipinski definition) is 3. The Morgan fingerprint density at radius 3 is 0.696 bits per heavy atom. The Morgan fingerprint density at radius 1 is 0.291 bits per heavy atom. The summed E-state index contributed by atoms with van der Waals surface area (Å²) in [6.07, 6.45) is 97.3. The van der Waals surface area contributed by atoms with Gasteiger partial charge in [-0.05, 0) is 44.9 Å². The van der Waals surface area contributed by atoms with Gasteiger partial charge in [-0.15, -0.1) is 0 Å². The zero-order valence-electron chi connectivity index (χ0n) is 54.4. The molecule has 3 N–H and O–H groups in total. The van der Waals surface area contributed by atoms with Gasteiger partial charge >= 0.3 is 0 Å². The first-order valence-corrected chi connectivity index (χ1v) is 37.1. The van der Waals surface area contributed by atoms with E-state index in [-0.39, 0.29) is 12.5 Å². The van der Waals surface area contributed by atoms with Crippen LogP contribution in [0.4, 0.5) is 0 Å². The maximum atomic E-state index is 12.6. The lowest BCUT2D eigenvalue weighted by Crippen LogP contribution is -2.45. The van der Waals surface area contributed by atoms with Crippen LogP contribution in [-0.4, -0.2) is 34.9 Å². The molecule has 2 unspecified atom stereocenters. The van der Waals surface area contributed by atoms with Crippen molar-refractivity contribution in [2.24, 2.45) is 0 Å². The predicted octanol–water partition coefficient (Wildman–Crippen LogP) is 25.3. The minimum Gasteiger partial charge on any atom is -0.394 e. The van der Waals surface area contributed by atoms with Crippen LogP contribution in [0, 0.1) is 0 Å². The third-order valence-electron chi connectivity index (χ3n) is 17.7. The van der Waals surface area contributed by atoms with E-state index in [0.29, 0.717) is 6.42 Å². The molecule has 0 aliphatic heterocycles. The van der Waals surface area contributed by atoms with Gasteiger partial charge in [0.25, 0.3) is 0 Å². The highest BCUT2D eigenvalue weighted by molar-refractivity contribution is 5.76. The molecule has 0 saturated heterocycles. The van der Waals surface area contributed by atoms with Crippen LogP contribution >= 0.6 is 0 Å². The lowest BCUT2D eigenvalue weighted by Gasteiger charge is -2.20. The molecule has 0 saturated carbocycles. The van der Waals surface area contributed by atoms with Crippen molar-refractivity contribution in [3.05, 3.63) is 24.3 Å². The summed E-state index contributed by atoms with van der Waals surface area (Å²) < 4.78 is 0. The first kappa shape index (κ1) is 77.9. The normalized spacial score (nSPS) is 12.7. The number of carbonyl (C=O) groups excluding carboxylic acids is 1. The number of aliphatic hydroxyl groups excluding tert-OH is 2. The second-order valence-corrected chi connectivity index (χ2v) is 25.7. The molecule has 0 fully saturated rings. The number of nitrogens with one attached hydrogen (secondary N) is 1. The fraction of sp³-hybridized carbons (Fsp3) is 0.933. The van der Waals surface area contributed by atoms with Crippen molar-refractivity contribution in [2.75, 3.05) is 6.61 Å². The van der Waals surface area contributed by atoms with Crippen LogP contribution in [0.5, 0.6) is 0 Å². The highest BCUT2D eigenvalue weighted by Gasteiger charge is 2.18. The second kappa shape index (κ2) is 71.1. The van der Waals surface area contributed by atoms with E-state index in [1.807, 2.05) is 6.08 Å². The Bertz CT molecular complexity index is 1170. The summed E-state index contributed by atoms with van der Waals surface area (Å²) >= 11 is 0. The van der Waals surface area contributed by atoms with E-state index >= 15 is 0 Å². The number of rotatable bonds is 70. The van der Waals surface area contributed by atoms with Crippen molar-refractivity contribution in [1.29, 1.82) is 0 Å². The summed E-state index contributed by atoms with van der Waals surface area (Å²) in [6, 6.07) is -0.621. The van der Waals surface area contributed by atoms with E-state index in [9.17, 15) is 15.0 Å². The molecule has 470 valence electrons. The van der Waals surface area contributed by atoms with Crippen molar-refractivity contribution in [1.82, 2.24) is 5.32 Å². The Kier molecular flexibility index (Phi) is 70.1. The second-order valence-electron chi connectivity index (χ2n) is 25.7. The summed E-state index contributed by atoms with van der Waals surface area (Å²) in [5.74, 6) is -0.0534. The van der Waals surface area contributed by atoms with E-state index in [4.69, 9.17) is 0 Å². The maximum absolute atomic E-state index is 12.6. The molecule has 2 atom stereocenters. The molecule has 1 amide bonds. The van der Waals surface area contributed by atoms with Gasteiger partial charge in [0.2, 0.25) is 5.91 Å². The summed E-state index contributed by atoms with van der Waals surface area (Å²) in [6.45, 7) is 4.36. The molecule has 0 aliphatic rings. The lowest BCUT2D eigenvalue weighted by molar-refractivity contribution is -0.123. The zero-order valence-corrected chi connectivity index (χ0v) is 54.4. The average molecular weight is 1110 g/mol. The molecule has 4 heteroatoms. The largest absolute Gasteiger partial charge is 0.394 e. The molecule has 0 aromatic carbocycles. The summed E-state index contributed by atoms with van der Waals surface area (Å²) in [5.41, 5.74) is 0. The first-order chi connectivity index (χ1) is 39.2. The van der Waals surface area contributed by atoms with E-state index in [1.54, 1.807) is 6.08 Å². The number of aliphatic hydroxyl groups is 2. The van der Waals surface area contributed by atoms with E-state index < -0.39 is 12.1 Å². The first-order valence-electron chi connectivity index (χ1n) is 37.1. The van der Waals surface area contributed by atoms with Crippen LogP contribution in [0.1, 0.15) is 431 Å². The van der Waals surface area contributed by atoms with Crippen LogP contribution in [0.15, 0.2) is 24.3 Å². The van der Waals surface area contributed by atoms with E-state index in [0.717, 1.165) is 25.7 Å². The molecule has 0 bridgehead atoms. The number of hydrogen-bond donors (Lipinski definition) is 3. The van der Waals surface area contributed by atoms with Crippen LogP contribution in [-0.2, 0) is 4.79 Å². The van der Waals surface area contributed by atoms with Crippen LogP contribution in [0.25, 0.3) is 0 Å². The van der Waals surface area contributed by atoms with Crippen molar-refractivity contribution in [2.45, 2.75) is 443 Å². The monoisotopic (exact) mass is 1110 g/mol. The molecule has 0 aliphatic carbocycles. The van der Waals surface area contributed by atoms with Crippen molar-refractivity contribution >= 4 is 5.91 Å². The fourth-order valence-corrected chi connectivity index (χ4v) is 12.1. The number of amides is 1. The fourth-order valence-electron chi connectivity index (χ4n) is 12.1. The lowest BCUT2D eigenvalue weighted by atomic mass is 10.0. The molecule has 0 rings (SSSR count). The summed E-state index contributed by atoms with van der Waals surface area (Å²) in [5, 5.41) is 23.3. The van der Waals surface area contributed by atoms with Gasteiger partial charge in [-0.25, -0.2) is 0 Å². The van der Waals surface area contributed by atoms with Gasteiger partial charge in [0.1, 0.15) is 0 Å². The van der Waals surface area contributed by atoms with Crippen LogP contribution in [0.2, 0.25) is 0 Å². The van der Waals surface area contributed by atoms with Gasteiger partial charge < -0.3 is 15.5 Å². The Hall–Kier alpha value is -1.13. The molecule has 0 radical (unpaired) electrons. The Labute approximate surface area is 498 Å². The highest BCUT2D eigenvalue weighted by Crippen LogP contribution is 2.20. The summed E-state index contributed by atoms with van der Waals surface area (Å²) in [4.78, 5) is 12.6. The molecule has 0 aromatic rings. The molecule has 0 aromatic heterocycles. The van der Waals surface area contributed by atoms with Crippen LogP contribution in [0.3, 0.4) is 0 Å². The van der Waals surface area contributed by atoms with E-state index in [1.165, 1.54) is 385 Å². The van der Waals surface area contributed by atoms with Gasteiger partial charge in [0.05, 0.1) is 18.8 Å². The minimum absolute atomic E-state index is 0.0534. The van der Waals surface area contributed by atoms with Gasteiger partial charge in [-0.2, -0.15) is 0 Å². The van der Waals surface area contributed by atoms with Gasteiger partial charge in [-0.1, -0.05) is 404 Å². The number of allylic oxidation sites excluding steroid dienone is 3. The van der Waals surface area contributed by atoms with Crippen molar-refractivity contribution in [3.8, 4) is 0 Å². The third kappa shape index (κ3) is 67.5. The Balaban J connectivity index is 3.38. The van der Waals surface area contributed by atoms with Gasteiger partial charge in [0, 0.05) is 6.42 Å². The van der Waals surface area contributed by atoms with E-state index in [2.05, 4.69) is 31.3 Å². The molecule has 0 spiro atoms. The molecule has 0 heterocycles. The number of carbonyl (C=O) groups is 1. The molecule has 79 heavy (non-hydrogen) atoms. The zero-order chi connectivity index (χ0) is 56.9. The third-order valence-corrected chi connectivity index (χ3v) is 17.7. The Morgan fingerprint density at radius 2 is 0.481 bits per heavy atom. The van der Waals surface area contributed by atoms with Crippen LogP contribution < -0.4 is 5.32 Å². The highest BCUT2D eigenvalue weighted by atomic mass is 16.3. The smallest absolute Gasteiger partial charge is 0.220 e. The van der Waals surface area contributed by atoms with Gasteiger partial charge in [-0.3, -0.25) is 4.79 Å². The minimum atomic E-state index is -0.838. The summed E-state index contributed by atoms with van der Waals surface area (Å²) in [7, 11) is 0. The molecular formula is C75H147NO3. The maximum Gasteiger partial charge on any atom is 0.220 e. The topological polar surface area (TPSA) is 69.6 Å². The predicted molar refractivity (Wildman–Crippen MR) is 355 cm³/mol. The van der Waals surface area contributed by atoms with Crippen molar-refractivity contribution in [3.63, 3.8) is 0 Å². The van der Waals surface area contributed by atoms with Crippen molar-refractivity contribution < 1.29 is 15.0 Å². The quantitative estimate of drug-likeness (QED) is 0.0420. The molecular weight excluding hydrogens is 963 g/mol. The molecule has 4 nitrogen and oxygen atoms in total. The van der Waals surface area contributed by atoms with Gasteiger partial charge in [0.15, 0.2) is 0 Å². The average Bonchev–Trinajstić information content (AvgIpc) is 3.45. The number of unbranched alkanes of at least 4 members (excludes halogenated alkanes) is 61. The standard InChI is InChI=1S/C75H147NO3/c1-3-5-7-9-11-13-15-17-19-21-23-25-27-29-31-33-34-35-36-37-38-39-40-41-42-43-45-47-49-51-53-55-57-59-61-63-65-67-69-71-75(79)76-73(72-77)74(78)70-68-66-64-62-60-58-56-54-52-50-48-46-44-32-30-28-26-24-22-20-18-16-14-12-10-8-6-4-2/h21,23,68,70,73-74,77-78H,3-20,22,24-67,69,71-72H2,1-2H3,(H,76,79)/b23-21-,70-68+. The SMILES string of the molecule is CCCCCCCCCC/C=C\CCCCCCCCCCCCCCCCCCCCCCCCCCCCCC(=O)NC(CO)C(O)/C=C/CCCCCCCCCCCCCCCCCCCCCCCCCCCC.